The van der Waals surface area contributed by atoms with Gasteiger partial charge in [-0.15, -0.1) is 23.2 Å². The van der Waals surface area contributed by atoms with Gasteiger partial charge >= 0.3 is 0 Å². The molecule has 4 heteroatoms. The van der Waals surface area contributed by atoms with Crippen LogP contribution in [0.5, 0.6) is 0 Å². The molecule has 0 aliphatic rings. The van der Waals surface area contributed by atoms with E-state index >= 15 is 0 Å². The van der Waals surface area contributed by atoms with Crippen molar-refractivity contribution in [3.05, 3.63) is 24.4 Å². The highest BCUT2D eigenvalue weighted by atomic mass is 35.5. The molecule has 0 unspecified atom stereocenters. The number of anilines is 1. The third kappa shape index (κ3) is 3.05. The minimum atomic E-state index is -0.294. The number of nitrogens with zero attached hydrogens (tertiary/aromatic N) is 1. The zero-order valence-electron chi connectivity index (χ0n) is 7.43. The zero-order chi connectivity index (χ0) is 9.73. The van der Waals surface area contributed by atoms with E-state index in [-0.39, 0.29) is 5.54 Å². The van der Waals surface area contributed by atoms with Crippen LogP contribution in [0.1, 0.15) is 6.92 Å². The van der Waals surface area contributed by atoms with Crippen LogP contribution in [0.15, 0.2) is 24.4 Å². The van der Waals surface area contributed by atoms with E-state index in [2.05, 4.69) is 10.3 Å². The Morgan fingerprint density at radius 2 is 2.08 bits per heavy atom. The van der Waals surface area contributed by atoms with E-state index in [0.29, 0.717) is 11.8 Å². The average molecular weight is 219 g/mol. The van der Waals surface area contributed by atoms with Crippen molar-refractivity contribution in [3.63, 3.8) is 0 Å². The van der Waals surface area contributed by atoms with E-state index in [1.807, 2.05) is 25.1 Å². The van der Waals surface area contributed by atoms with Gasteiger partial charge in [-0.05, 0) is 19.1 Å². The molecule has 0 bridgehead atoms. The standard InChI is InChI=1S/C9H12Cl2N2/c1-9(6-10,7-11)13-8-4-2-3-5-12-8/h2-5H,6-7H2,1H3,(H,12,13). The van der Waals surface area contributed by atoms with Gasteiger partial charge in [0.05, 0.1) is 5.54 Å². The molecule has 0 atom stereocenters. The summed E-state index contributed by atoms with van der Waals surface area (Å²) in [5.74, 6) is 1.70. The molecular formula is C9H12Cl2N2. The molecule has 72 valence electrons. The van der Waals surface area contributed by atoms with E-state index in [4.69, 9.17) is 23.2 Å². The van der Waals surface area contributed by atoms with Crippen LogP contribution in [0.2, 0.25) is 0 Å². The largest absolute Gasteiger partial charge is 0.363 e. The highest BCUT2D eigenvalue weighted by molar-refractivity contribution is 6.22. The molecule has 0 aliphatic heterocycles. The van der Waals surface area contributed by atoms with Crippen molar-refractivity contribution in [2.45, 2.75) is 12.5 Å². The van der Waals surface area contributed by atoms with Gasteiger partial charge in [-0.1, -0.05) is 6.07 Å². The number of alkyl halides is 2. The van der Waals surface area contributed by atoms with Crippen LogP contribution in [0.3, 0.4) is 0 Å². The molecule has 0 saturated carbocycles. The first-order valence-electron chi connectivity index (χ1n) is 4.01. The summed E-state index contributed by atoms with van der Waals surface area (Å²) < 4.78 is 0. The molecule has 0 aliphatic carbocycles. The topological polar surface area (TPSA) is 24.9 Å². The minimum absolute atomic E-state index is 0.294. The maximum atomic E-state index is 5.78. The molecule has 1 rings (SSSR count). The van der Waals surface area contributed by atoms with Gasteiger partial charge in [-0.25, -0.2) is 4.98 Å². The quantitative estimate of drug-likeness (QED) is 0.787. The third-order valence-corrected chi connectivity index (χ3v) is 2.86. The second-order valence-corrected chi connectivity index (χ2v) is 3.70. The molecule has 0 aromatic carbocycles. The summed E-state index contributed by atoms with van der Waals surface area (Å²) in [7, 11) is 0. The molecule has 1 aromatic heterocycles. The van der Waals surface area contributed by atoms with Crippen LogP contribution in [-0.4, -0.2) is 22.3 Å². The second-order valence-electron chi connectivity index (χ2n) is 3.17. The van der Waals surface area contributed by atoms with Gasteiger partial charge in [0.15, 0.2) is 0 Å². The van der Waals surface area contributed by atoms with Gasteiger partial charge in [-0.3, -0.25) is 0 Å². The SMILES string of the molecule is CC(CCl)(CCl)Nc1ccccn1. The van der Waals surface area contributed by atoms with Crippen molar-refractivity contribution < 1.29 is 0 Å². The number of hydrogen-bond acceptors (Lipinski definition) is 2. The van der Waals surface area contributed by atoms with Crippen LogP contribution in [0.4, 0.5) is 5.82 Å². The van der Waals surface area contributed by atoms with Gasteiger partial charge in [0.2, 0.25) is 0 Å². The zero-order valence-corrected chi connectivity index (χ0v) is 8.94. The lowest BCUT2D eigenvalue weighted by Gasteiger charge is -2.26. The number of rotatable bonds is 4. The number of nitrogens with one attached hydrogen (secondary N) is 1. The monoisotopic (exact) mass is 218 g/mol. The molecule has 0 fully saturated rings. The minimum Gasteiger partial charge on any atom is -0.363 e. The Hall–Kier alpha value is -0.470. The lowest BCUT2D eigenvalue weighted by molar-refractivity contribution is 0.645. The number of hydrogen-bond donors (Lipinski definition) is 1. The van der Waals surface area contributed by atoms with Crippen molar-refractivity contribution in [2.24, 2.45) is 0 Å². The fourth-order valence-electron chi connectivity index (χ4n) is 0.848. The fourth-order valence-corrected chi connectivity index (χ4v) is 1.27. The van der Waals surface area contributed by atoms with Crippen LogP contribution < -0.4 is 5.32 Å². The lowest BCUT2D eigenvalue weighted by atomic mass is 10.1. The first-order valence-corrected chi connectivity index (χ1v) is 5.08. The Kier molecular flexibility index (Phi) is 3.82. The molecule has 1 aromatic rings. The summed E-state index contributed by atoms with van der Waals surface area (Å²) in [5.41, 5.74) is -0.294. The predicted molar refractivity (Wildman–Crippen MR) is 57.7 cm³/mol. The van der Waals surface area contributed by atoms with Gasteiger partial charge in [-0.2, -0.15) is 0 Å². The highest BCUT2D eigenvalue weighted by Gasteiger charge is 2.21. The van der Waals surface area contributed by atoms with Crippen LogP contribution in [0, 0.1) is 0 Å². The number of halogens is 2. The highest BCUT2D eigenvalue weighted by Crippen LogP contribution is 2.15. The van der Waals surface area contributed by atoms with Gasteiger partial charge in [0.25, 0.3) is 0 Å². The van der Waals surface area contributed by atoms with Crippen LogP contribution in [0.25, 0.3) is 0 Å². The Morgan fingerprint density at radius 3 is 2.54 bits per heavy atom. The molecule has 0 amide bonds. The van der Waals surface area contributed by atoms with Gasteiger partial charge < -0.3 is 5.32 Å². The van der Waals surface area contributed by atoms with E-state index in [9.17, 15) is 0 Å². The summed E-state index contributed by atoms with van der Waals surface area (Å²) in [6.45, 7) is 1.96. The number of pyridine rings is 1. The van der Waals surface area contributed by atoms with E-state index in [1.165, 1.54) is 0 Å². The smallest absolute Gasteiger partial charge is 0.126 e. The molecule has 13 heavy (non-hydrogen) atoms. The molecule has 2 nitrogen and oxygen atoms in total. The summed E-state index contributed by atoms with van der Waals surface area (Å²) in [6.07, 6.45) is 1.73. The molecule has 1 heterocycles. The molecule has 0 saturated heterocycles. The predicted octanol–water partition coefficient (Wildman–Crippen LogP) is 2.73. The Balaban J connectivity index is 2.68. The van der Waals surface area contributed by atoms with Crippen molar-refractivity contribution >= 4 is 29.0 Å². The van der Waals surface area contributed by atoms with Gasteiger partial charge in [0.1, 0.15) is 5.82 Å². The Bertz CT molecular complexity index is 247. The van der Waals surface area contributed by atoms with Crippen molar-refractivity contribution in [1.82, 2.24) is 4.98 Å². The maximum absolute atomic E-state index is 5.78. The normalized spacial score (nSPS) is 11.3. The fraction of sp³-hybridized carbons (Fsp3) is 0.444. The second kappa shape index (κ2) is 4.68. The lowest BCUT2D eigenvalue weighted by Crippen LogP contribution is -2.39. The van der Waals surface area contributed by atoms with Crippen molar-refractivity contribution in [1.29, 1.82) is 0 Å². The summed E-state index contributed by atoms with van der Waals surface area (Å²) in [5, 5.41) is 3.18. The van der Waals surface area contributed by atoms with Crippen molar-refractivity contribution in [3.8, 4) is 0 Å². The number of aromatic nitrogens is 1. The first-order chi connectivity index (χ1) is 6.20. The van der Waals surface area contributed by atoms with Gasteiger partial charge in [0, 0.05) is 18.0 Å². The molecule has 0 spiro atoms. The van der Waals surface area contributed by atoms with E-state index < -0.39 is 0 Å². The molecular weight excluding hydrogens is 207 g/mol. The van der Waals surface area contributed by atoms with Crippen molar-refractivity contribution in [2.75, 3.05) is 17.1 Å². The summed E-state index contributed by atoms with van der Waals surface area (Å²) in [6, 6.07) is 5.67. The third-order valence-electron chi connectivity index (χ3n) is 1.68. The van der Waals surface area contributed by atoms with E-state index in [0.717, 1.165) is 5.82 Å². The molecule has 1 N–H and O–H groups in total. The van der Waals surface area contributed by atoms with Crippen LogP contribution >= 0.6 is 23.2 Å². The van der Waals surface area contributed by atoms with E-state index in [1.54, 1.807) is 6.20 Å². The summed E-state index contributed by atoms with van der Waals surface area (Å²) in [4.78, 5) is 4.13. The first kappa shape index (κ1) is 10.6. The Labute approximate surface area is 88.3 Å². The Morgan fingerprint density at radius 1 is 1.38 bits per heavy atom. The average Bonchev–Trinajstić information content (AvgIpc) is 2.19. The summed E-state index contributed by atoms with van der Waals surface area (Å²) >= 11 is 11.6. The maximum Gasteiger partial charge on any atom is 0.126 e. The molecule has 0 radical (unpaired) electrons. The van der Waals surface area contributed by atoms with Crippen LogP contribution in [-0.2, 0) is 0 Å².